The first-order chi connectivity index (χ1) is 20.4. The summed E-state index contributed by atoms with van der Waals surface area (Å²) in [5.74, 6) is -0.782. The Morgan fingerprint density at radius 2 is 2.00 bits per heavy atom. The van der Waals surface area contributed by atoms with Crippen molar-refractivity contribution in [1.82, 2.24) is 19.5 Å². The number of halogens is 4. The number of nitrogens with one attached hydrogen (secondary N) is 1. The summed E-state index contributed by atoms with van der Waals surface area (Å²) in [6, 6.07) is 8.53. The summed E-state index contributed by atoms with van der Waals surface area (Å²) in [7, 11) is 0. The summed E-state index contributed by atoms with van der Waals surface area (Å²) in [6.45, 7) is 1.84. The van der Waals surface area contributed by atoms with E-state index >= 15 is 0 Å². The van der Waals surface area contributed by atoms with Gasteiger partial charge in [0.1, 0.15) is 42.2 Å². The van der Waals surface area contributed by atoms with Crippen LogP contribution in [0.2, 0.25) is 5.02 Å². The Labute approximate surface area is 250 Å². The van der Waals surface area contributed by atoms with Gasteiger partial charge in [0.25, 0.3) is 5.56 Å². The molecule has 0 amide bonds. The van der Waals surface area contributed by atoms with Crippen molar-refractivity contribution >= 4 is 55.8 Å². The van der Waals surface area contributed by atoms with Crippen molar-refractivity contribution in [3.05, 3.63) is 73.9 Å². The van der Waals surface area contributed by atoms with Crippen LogP contribution >= 0.6 is 22.9 Å². The van der Waals surface area contributed by atoms with Crippen LogP contribution in [0.25, 0.3) is 32.2 Å². The first-order valence-corrected chi connectivity index (χ1v) is 13.8. The van der Waals surface area contributed by atoms with Crippen LogP contribution in [0.1, 0.15) is 27.4 Å². The number of ether oxygens (including phenoxy) is 1. The molecule has 1 aromatic carbocycles. The average Bonchev–Trinajstić information content (AvgIpc) is 3.37. The maximum Gasteiger partial charge on any atom is 0.405 e. The number of hydrogen-bond acceptors (Lipinski definition) is 9. The van der Waals surface area contributed by atoms with Gasteiger partial charge < -0.3 is 15.2 Å². The molecule has 15 heteroatoms. The maximum absolute atomic E-state index is 13.5. The number of aryl methyl sites for hydroxylation is 2. The second kappa shape index (κ2) is 11.5. The highest BCUT2D eigenvalue weighted by atomic mass is 35.5. The molecule has 220 valence electrons. The van der Waals surface area contributed by atoms with Gasteiger partial charge in [0.05, 0.1) is 39.4 Å². The number of carbonyl (C=O) groups is 1. The molecule has 0 radical (unpaired) electrons. The molecule has 0 saturated carbocycles. The molecule has 0 aliphatic heterocycles. The van der Waals surface area contributed by atoms with E-state index in [1.54, 1.807) is 44.2 Å². The molecule has 4 heterocycles. The molecule has 0 spiro atoms. The van der Waals surface area contributed by atoms with E-state index in [1.165, 1.54) is 21.3 Å². The fourth-order valence-corrected chi connectivity index (χ4v) is 5.77. The van der Waals surface area contributed by atoms with Crippen LogP contribution in [0.3, 0.4) is 0 Å². The van der Waals surface area contributed by atoms with Crippen LogP contribution in [0, 0.1) is 25.2 Å². The molecule has 0 aliphatic rings. The number of alkyl halides is 3. The number of thiophene rings is 1. The molecule has 0 saturated heterocycles. The van der Waals surface area contributed by atoms with Crippen molar-refractivity contribution in [2.45, 2.75) is 26.6 Å². The number of fused-ring (bicyclic) bond motifs is 2. The number of nitrogens with zero attached hydrogens (tertiary/aromatic N) is 5. The highest BCUT2D eigenvalue weighted by molar-refractivity contribution is 7.18. The number of hydrogen-bond donors (Lipinski definition) is 2. The summed E-state index contributed by atoms with van der Waals surface area (Å²) in [5, 5.41) is 23.1. The quantitative estimate of drug-likeness (QED) is 0.213. The van der Waals surface area contributed by atoms with Crippen molar-refractivity contribution in [2.75, 3.05) is 18.5 Å². The van der Waals surface area contributed by atoms with Gasteiger partial charge in [-0.3, -0.25) is 14.3 Å². The van der Waals surface area contributed by atoms with Crippen LogP contribution in [0.15, 0.2) is 40.6 Å². The zero-order valence-electron chi connectivity index (χ0n) is 22.4. The second-order valence-electron chi connectivity index (χ2n) is 9.37. The Morgan fingerprint density at radius 1 is 1.23 bits per heavy atom. The maximum atomic E-state index is 13.5. The lowest BCUT2D eigenvalue weighted by molar-refractivity contribution is -0.115. The summed E-state index contributed by atoms with van der Waals surface area (Å²) < 4.78 is 46.2. The zero-order chi connectivity index (χ0) is 31.1. The van der Waals surface area contributed by atoms with E-state index in [4.69, 9.17) is 16.3 Å². The molecule has 0 unspecified atom stereocenters. The molecule has 0 fully saturated rings. The predicted octanol–water partition coefficient (Wildman–Crippen LogP) is 5.96. The Balaban J connectivity index is 1.48. The fourth-order valence-electron chi connectivity index (χ4n) is 4.58. The zero-order valence-corrected chi connectivity index (χ0v) is 24.0. The lowest BCUT2D eigenvalue weighted by Crippen LogP contribution is -2.28. The predicted molar refractivity (Wildman–Crippen MR) is 155 cm³/mol. The van der Waals surface area contributed by atoms with E-state index < -0.39 is 24.2 Å². The van der Waals surface area contributed by atoms with Crippen LogP contribution in [0.5, 0.6) is 5.75 Å². The van der Waals surface area contributed by atoms with Gasteiger partial charge in [-0.15, -0.1) is 11.3 Å². The summed E-state index contributed by atoms with van der Waals surface area (Å²) >= 11 is 7.54. The number of anilines is 1. The molecule has 10 nitrogen and oxygen atoms in total. The molecule has 0 aliphatic carbocycles. The van der Waals surface area contributed by atoms with Crippen LogP contribution in [-0.4, -0.2) is 49.9 Å². The summed E-state index contributed by atoms with van der Waals surface area (Å²) in [4.78, 5) is 37.8. The van der Waals surface area contributed by atoms with Gasteiger partial charge in [0.15, 0.2) is 0 Å². The van der Waals surface area contributed by atoms with E-state index in [2.05, 4.69) is 20.3 Å². The molecular weight excluding hydrogens is 609 g/mol. The number of pyridine rings is 2. The molecule has 2 N–H and O–H groups in total. The Morgan fingerprint density at radius 3 is 2.70 bits per heavy atom. The molecule has 43 heavy (non-hydrogen) atoms. The van der Waals surface area contributed by atoms with E-state index in [1.807, 2.05) is 0 Å². The molecule has 5 rings (SSSR count). The monoisotopic (exact) mass is 628 g/mol. The number of aromatic nitrogens is 4. The van der Waals surface area contributed by atoms with Gasteiger partial charge in [-0.1, -0.05) is 11.6 Å². The molecular formula is C28H20ClF3N6O4S. The van der Waals surface area contributed by atoms with Crippen molar-refractivity contribution in [3.8, 4) is 22.9 Å². The van der Waals surface area contributed by atoms with Gasteiger partial charge in [0, 0.05) is 27.2 Å². The number of carboxylic acid groups (broad SMARTS) is 1. The van der Waals surface area contributed by atoms with Gasteiger partial charge in [0.2, 0.25) is 0 Å². The van der Waals surface area contributed by atoms with Crippen LogP contribution in [0.4, 0.5) is 19.0 Å². The van der Waals surface area contributed by atoms with Crippen molar-refractivity contribution in [3.63, 3.8) is 0 Å². The number of carboxylic acids is 1. The van der Waals surface area contributed by atoms with Gasteiger partial charge in [-0.25, -0.2) is 14.8 Å². The lowest BCUT2D eigenvalue weighted by atomic mass is 10.0. The summed E-state index contributed by atoms with van der Waals surface area (Å²) in [5.41, 5.74) is 1.36. The van der Waals surface area contributed by atoms with Crippen molar-refractivity contribution in [2.24, 2.45) is 0 Å². The van der Waals surface area contributed by atoms with Crippen LogP contribution in [-0.2, 0) is 6.54 Å². The minimum atomic E-state index is -4.56. The first-order valence-electron chi connectivity index (χ1n) is 12.5. The number of aromatic carboxylic acids is 1. The molecule has 4 aromatic heterocycles. The second-order valence-corrected chi connectivity index (χ2v) is 10.7. The lowest BCUT2D eigenvalue weighted by Gasteiger charge is -2.16. The van der Waals surface area contributed by atoms with Crippen molar-refractivity contribution in [1.29, 1.82) is 5.26 Å². The largest absolute Gasteiger partial charge is 0.491 e. The van der Waals surface area contributed by atoms with Crippen molar-refractivity contribution < 1.29 is 27.8 Å². The standard InChI is InChI=1S/C28H20ClF3N6O4S/c1-13-7-17(24-23(36-13)19(11-43-24)27(40)41)16-8-15(29)3-4-21(16)42-6-5-38-14(2)37-20-10-34-25(35-12-28(30,31)32)18(9-33)22(20)26(38)39/h3-4,7-8,10-11H,5-6,12H2,1-2H3,(H,34,35)(H,40,41). The molecule has 0 atom stereocenters. The Kier molecular flexibility index (Phi) is 7.96. The number of benzene rings is 1. The SMILES string of the molecule is Cc1cc(-c2cc(Cl)ccc2OCCn2c(C)nc3cnc(NCC(F)(F)F)c(C#N)c3c2=O)c2scc(C(=O)O)c2n1. The summed E-state index contributed by atoms with van der Waals surface area (Å²) in [6.07, 6.45) is -3.42. The smallest absolute Gasteiger partial charge is 0.405 e. The van der Waals surface area contributed by atoms with E-state index in [0.29, 0.717) is 37.8 Å². The van der Waals surface area contributed by atoms with Gasteiger partial charge >= 0.3 is 12.1 Å². The average molecular weight is 629 g/mol. The van der Waals surface area contributed by atoms with E-state index in [-0.39, 0.29) is 46.8 Å². The van der Waals surface area contributed by atoms with Gasteiger partial charge in [-0.05, 0) is 38.1 Å². The highest BCUT2D eigenvalue weighted by Gasteiger charge is 2.28. The Bertz CT molecular complexity index is 2020. The normalized spacial score (nSPS) is 11.6. The number of rotatable bonds is 8. The fraction of sp³-hybridized carbons (Fsp3) is 0.214. The first kappa shape index (κ1) is 29.7. The third-order valence-corrected chi connectivity index (χ3v) is 7.68. The molecule has 5 aromatic rings. The third-order valence-electron chi connectivity index (χ3n) is 6.44. The third kappa shape index (κ3) is 5.95. The van der Waals surface area contributed by atoms with Crippen LogP contribution < -0.4 is 15.6 Å². The minimum Gasteiger partial charge on any atom is -0.491 e. The van der Waals surface area contributed by atoms with Gasteiger partial charge in [-0.2, -0.15) is 18.4 Å². The number of nitriles is 1. The van der Waals surface area contributed by atoms with E-state index in [9.17, 15) is 33.1 Å². The highest BCUT2D eigenvalue weighted by Crippen LogP contribution is 2.40. The topological polar surface area (TPSA) is 143 Å². The molecule has 0 bridgehead atoms. The minimum absolute atomic E-state index is 0.0128. The van der Waals surface area contributed by atoms with E-state index in [0.717, 1.165) is 6.20 Å². The Hall–Kier alpha value is -4.74.